The molecule has 0 radical (unpaired) electrons. The maximum Gasteiger partial charge on any atom is 0.305 e. The largest absolute Gasteiger partial charge is 0.544 e. The number of aliphatic carboxylic acids is 1. The molecule has 2 atom stereocenters. The van der Waals surface area contributed by atoms with E-state index in [1.54, 1.807) is 21.1 Å². The van der Waals surface area contributed by atoms with Crippen LogP contribution in [0.25, 0.3) is 0 Å². The van der Waals surface area contributed by atoms with Gasteiger partial charge in [-0.3, -0.25) is 4.79 Å². The first-order valence-corrected chi connectivity index (χ1v) is 16.6. The second kappa shape index (κ2) is 26.7. The molecular formula is C33H65NO6. The van der Waals surface area contributed by atoms with E-state index in [0.29, 0.717) is 6.42 Å². The van der Waals surface area contributed by atoms with Crippen LogP contribution in [0.2, 0.25) is 0 Å². The number of nitrogens with zero attached hydrogens (tertiary/aromatic N) is 1. The summed E-state index contributed by atoms with van der Waals surface area (Å²) in [7, 11) is 5.36. The van der Waals surface area contributed by atoms with Crippen molar-refractivity contribution in [3.05, 3.63) is 0 Å². The lowest BCUT2D eigenvalue weighted by Crippen LogP contribution is -2.55. The normalized spacial score (nSPS) is 13.3. The molecule has 0 aliphatic rings. The monoisotopic (exact) mass is 571 g/mol. The summed E-state index contributed by atoms with van der Waals surface area (Å²) in [6.45, 7) is 2.37. The Morgan fingerprint density at radius 3 is 1.45 bits per heavy atom. The number of aliphatic hydroxyl groups excluding tert-OH is 1. The fourth-order valence-corrected chi connectivity index (χ4v) is 5.07. The molecule has 0 heterocycles. The fraction of sp³-hybridized carbons (Fsp3) is 0.939. The van der Waals surface area contributed by atoms with Crippen LogP contribution in [0.15, 0.2) is 0 Å². The molecule has 0 saturated carbocycles. The van der Waals surface area contributed by atoms with Crippen LogP contribution in [0.1, 0.15) is 148 Å². The van der Waals surface area contributed by atoms with E-state index in [1.807, 2.05) is 0 Å². The number of rotatable bonds is 30. The zero-order valence-corrected chi connectivity index (χ0v) is 26.8. The van der Waals surface area contributed by atoms with E-state index in [0.717, 1.165) is 19.3 Å². The van der Waals surface area contributed by atoms with Crippen molar-refractivity contribution in [2.24, 2.45) is 0 Å². The van der Waals surface area contributed by atoms with Crippen LogP contribution >= 0.6 is 0 Å². The van der Waals surface area contributed by atoms with Gasteiger partial charge in [-0.2, -0.15) is 0 Å². The van der Waals surface area contributed by atoms with E-state index in [2.05, 4.69) is 6.92 Å². The van der Waals surface area contributed by atoms with Crippen LogP contribution in [0, 0.1) is 0 Å². The standard InChI is InChI=1S/C33H65NO6/c1-5-6-7-8-9-10-11-12-13-14-15-16-17-18-19-20-21-22-23-24-25-32(36)40-29-30(35)28-39-27-26-31(33(37)38)34(2,3)4/h30-31,35H,5-29H2,1-4H3. The number of aliphatic hydroxyl groups is 1. The Balaban J connectivity index is 3.41. The quantitative estimate of drug-likeness (QED) is 0.0615. The summed E-state index contributed by atoms with van der Waals surface area (Å²) in [5.74, 6) is -1.40. The second-order valence-electron chi connectivity index (χ2n) is 12.6. The number of esters is 1. The molecule has 0 amide bonds. The van der Waals surface area contributed by atoms with Crippen molar-refractivity contribution in [3.8, 4) is 0 Å². The third kappa shape index (κ3) is 25.8. The van der Waals surface area contributed by atoms with Gasteiger partial charge in [0, 0.05) is 12.8 Å². The third-order valence-electron chi connectivity index (χ3n) is 7.72. The summed E-state index contributed by atoms with van der Waals surface area (Å²) < 4.78 is 10.7. The van der Waals surface area contributed by atoms with Gasteiger partial charge in [-0.25, -0.2) is 0 Å². The number of carboxylic acids is 1. The van der Waals surface area contributed by atoms with Gasteiger partial charge in [-0.05, 0) is 6.42 Å². The van der Waals surface area contributed by atoms with Gasteiger partial charge in [0.05, 0.1) is 40.3 Å². The van der Waals surface area contributed by atoms with Crippen molar-refractivity contribution in [2.75, 3.05) is 41.0 Å². The summed E-state index contributed by atoms with van der Waals surface area (Å²) in [5, 5.41) is 21.2. The van der Waals surface area contributed by atoms with Crippen molar-refractivity contribution in [1.29, 1.82) is 0 Å². The Morgan fingerprint density at radius 2 is 1.07 bits per heavy atom. The minimum absolute atomic E-state index is 0.00347. The molecule has 0 aliphatic heterocycles. The molecule has 0 spiro atoms. The van der Waals surface area contributed by atoms with Crippen LogP contribution in [0.3, 0.4) is 0 Å². The predicted octanol–water partition coefficient (Wildman–Crippen LogP) is 6.33. The summed E-state index contributed by atoms with van der Waals surface area (Å²) in [5.41, 5.74) is 0. The van der Waals surface area contributed by atoms with Gasteiger partial charge < -0.3 is 29.0 Å². The highest BCUT2D eigenvalue weighted by atomic mass is 16.5. The Morgan fingerprint density at radius 1 is 0.675 bits per heavy atom. The van der Waals surface area contributed by atoms with E-state index in [1.165, 1.54) is 109 Å². The van der Waals surface area contributed by atoms with Gasteiger partial charge in [-0.15, -0.1) is 0 Å². The molecule has 7 nitrogen and oxygen atoms in total. The number of hydrogen-bond acceptors (Lipinski definition) is 6. The Kier molecular flexibility index (Phi) is 25.9. The van der Waals surface area contributed by atoms with E-state index in [4.69, 9.17) is 9.47 Å². The van der Waals surface area contributed by atoms with Crippen molar-refractivity contribution in [2.45, 2.75) is 160 Å². The van der Waals surface area contributed by atoms with Crippen molar-refractivity contribution in [1.82, 2.24) is 0 Å². The highest BCUT2D eigenvalue weighted by molar-refractivity contribution is 5.69. The maximum atomic E-state index is 11.9. The summed E-state index contributed by atoms with van der Waals surface area (Å²) >= 11 is 0. The molecule has 1 N–H and O–H groups in total. The van der Waals surface area contributed by atoms with Crippen LogP contribution < -0.4 is 5.11 Å². The number of likely N-dealkylation sites (N-methyl/N-ethyl adjacent to an activating group) is 1. The van der Waals surface area contributed by atoms with Gasteiger partial charge in [-0.1, -0.05) is 129 Å². The van der Waals surface area contributed by atoms with Crippen molar-refractivity contribution in [3.63, 3.8) is 0 Å². The van der Waals surface area contributed by atoms with Gasteiger partial charge in [0.15, 0.2) is 0 Å². The molecule has 0 bridgehead atoms. The number of quaternary nitrogens is 1. The van der Waals surface area contributed by atoms with E-state index in [-0.39, 0.29) is 36.7 Å². The number of carbonyl (C=O) groups excluding carboxylic acids is 2. The first-order valence-electron chi connectivity index (χ1n) is 16.6. The molecule has 0 saturated heterocycles. The highest BCUT2D eigenvalue weighted by Gasteiger charge is 2.24. The third-order valence-corrected chi connectivity index (χ3v) is 7.72. The maximum absolute atomic E-state index is 11.9. The molecule has 0 rings (SSSR count). The van der Waals surface area contributed by atoms with E-state index < -0.39 is 18.1 Å². The summed E-state index contributed by atoms with van der Waals surface area (Å²) in [4.78, 5) is 23.1. The first kappa shape index (κ1) is 38.8. The molecule has 0 aromatic heterocycles. The number of ether oxygens (including phenoxy) is 2. The number of unbranched alkanes of at least 4 members (excludes halogenated alkanes) is 19. The average molecular weight is 572 g/mol. The molecule has 40 heavy (non-hydrogen) atoms. The Hall–Kier alpha value is -1.18. The predicted molar refractivity (Wildman–Crippen MR) is 162 cm³/mol. The van der Waals surface area contributed by atoms with Crippen molar-refractivity contribution < 1.29 is 33.8 Å². The lowest BCUT2D eigenvalue weighted by molar-refractivity contribution is -0.889. The fourth-order valence-electron chi connectivity index (χ4n) is 5.07. The smallest absolute Gasteiger partial charge is 0.305 e. The average Bonchev–Trinajstić information content (AvgIpc) is 2.89. The minimum atomic E-state index is -1.12. The topological polar surface area (TPSA) is 95.9 Å². The van der Waals surface area contributed by atoms with Gasteiger partial charge in [0.1, 0.15) is 18.8 Å². The SMILES string of the molecule is CCCCCCCCCCCCCCCCCCCCCCC(=O)OCC(O)COCCC(C(=O)[O-])[N+](C)(C)C. The molecule has 238 valence electrons. The lowest BCUT2D eigenvalue weighted by Gasteiger charge is -2.34. The molecule has 0 aliphatic carbocycles. The zero-order chi connectivity index (χ0) is 29.9. The highest BCUT2D eigenvalue weighted by Crippen LogP contribution is 2.15. The summed E-state index contributed by atoms with van der Waals surface area (Å²) in [6, 6.07) is -0.681. The lowest BCUT2D eigenvalue weighted by atomic mass is 10.0. The number of carboxylic acid groups (broad SMARTS) is 1. The van der Waals surface area contributed by atoms with Crippen LogP contribution in [-0.2, 0) is 19.1 Å². The molecule has 0 aromatic carbocycles. The van der Waals surface area contributed by atoms with Crippen LogP contribution in [0.4, 0.5) is 0 Å². The Bertz CT molecular complexity index is 592. The molecule has 2 unspecified atom stereocenters. The first-order chi connectivity index (χ1) is 19.2. The Labute approximate surface area is 247 Å². The van der Waals surface area contributed by atoms with Gasteiger partial charge in [0.25, 0.3) is 0 Å². The van der Waals surface area contributed by atoms with Crippen molar-refractivity contribution >= 4 is 11.9 Å². The van der Waals surface area contributed by atoms with E-state index >= 15 is 0 Å². The van der Waals surface area contributed by atoms with Crippen LogP contribution in [0.5, 0.6) is 0 Å². The number of hydrogen-bond donors (Lipinski definition) is 1. The van der Waals surface area contributed by atoms with Gasteiger partial charge in [0.2, 0.25) is 0 Å². The zero-order valence-electron chi connectivity index (χ0n) is 26.8. The number of carbonyl (C=O) groups is 2. The molecule has 0 aromatic rings. The van der Waals surface area contributed by atoms with E-state index in [9.17, 15) is 19.8 Å². The van der Waals surface area contributed by atoms with Crippen LogP contribution in [-0.4, -0.2) is 74.6 Å². The second-order valence-corrected chi connectivity index (χ2v) is 12.6. The minimum Gasteiger partial charge on any atom is -0.544 e. The molecule has 7 heteroatoms. The van der Waals surface area contributed by atoms with Gasteiger partial charge >= 0.3 is 5.97 Å². The molecule has 0 fully saturated rings. The molecular weight excluding hydrogens is 506 g/mol. The summed E-state index contributed by atoms with van der Waals surface area (Å²) in [6.07, 6.45) is 26.3.